The molecule has 116 valence electrons. The number of anilines is 1. The highest BCUT2D eigenvalue weighted by Gasteiger charge is 2.36. The predicted octanol–water partition coefficient (Wildman–Crippen LogP) is 3.95. The van der Waals surface area contributed by atoms with Gasteiger partial charge in [0.25, 0.3) is 0 Å². The van der Waals surface area contributed by atoms with Crippen LogP contribution in [0.2, 0.25) is 0 Å². The molecule has 4 heteroatoms. The second-order valence-electron chi connectivity index (χ2n) is 7.31. The smallest absolute Gasteiger partial charge is 0.185 e. The maximum Gasteiger partial charge on any atom is 0.185 e. The van der Waals surface area contributed by atoms with Crippen molar-refractivity contribution in [3.05, 3.63) is 11.1 Å². The summed E-state index contributed by atoms with van der Waals surface area (Å²) in [7, 11) is 0. The van der Waals surface area contributed by atoms with Crippen LogP contribution >= 0.6 is 11.3 Å². The van der Waals surface area contributed by atoms with Gasteiger partial charge in [0, 0.05) is 36.8 Å². The molecule has 0 radical (unpaired) electrons. The minimum Gasteiger partial charge on any atom is -0.348 e. The first-order chi connectivity index (χ1) is 10.3. The minimum atomic E-state index is 0.697. The van der Waals surface area contributed by atoms with E-state index in [1.165, 1.54) is 80.9 Å². The molecule has 3 nitrogen and oxygen atoms in total. The third kappa shape index (κ3) is 3.26. The Morgan fingerprint density at radius 3 is 2.62 bits per heavy atom. The fourth-order valence-corrected chi connectivity index (χ4v) is 4.94. The second-order valence-corrected chi connectivity index (χ2v) is 8.41. The SMILES string of the molecule is c1nc(N2CCC3(CCCCC3)CC2)sc1CNC1CC1. The van der Waals surface area contributed by atoms with E-state index < -0.39 is 0 Å². The first kappa shape index (κ1) is 14.0. The molecular weight excluding hydrogens is 278 g/mol. The van der Waals surface area contributed by atoms with Crippen LogP contribution < -0.4 is 10.2 Å². The van der Waals surface area contributed by atoms with Crippen molar-refractivity contribution in [1.82, 2.24) is 10.3 Å². The highest BCUT2D eigenvalue weighted by atomic mass is 32.1. The summed E-state index contributed by atoms with van der Waals surface area (Å²) in [6, 6.07) is 0.789. The van der Waals surface area contributed by atoms with Crippen molar-refractivity contribution in [2.75, 3.05) is 18.0 Å². The van der Waals surface area contributed by atoms with E-state index in [2.05, 4.69) is 21.4 Å². The van der Waals surface area contributed by atoms with Crippen LogP contribution in [-0.2, 0) is 6.54 Å². The van der Waals surface area contributed by atoms with Crippen molar-refractivity contribution in [2.45, 2.75) is 70.4 Å². The summed E-state index contributed by atoms with van der Waals surface area (Å²) < 4.78 is 0. The normalized spacial score (nSPS) is 25.4. The lowest BCUT2D eigenvalue weighted by molar-refractivity contribution is 0.144. The van der Waals surface area contributed by atoms with E-state index in [4.69, 9.17) is 0 Å². The molecule has 2 aliphatic carbocycles. The van der Waals surface area contributed by atoms with Gasteiger partial charge in [-0.15, -0.1) is 11.3 Å². The Morgan fingerprint density at radius 1 is 1.14 bits per heavy atom. The van der Waals surface area contributed by atoms with Gasteiger partial charge >= 0.3 is 0 Å². The zero-order valence-corrected chi connectivity index (χ0v) is 13.8. The van der Waals surface area contributed by atoms with E-state index in [9.17, 15) is 0 Å². The molecule has 1 aromatic heterocycles. The Hall–Kier alpha value is -0.610. The van der Waals surface area contributed by atoms with Gasteiger partial charge in [-0.05, 0) is 43.9 Å². The van der Waals surface area contributed by atoms with Crippen LogP contribution in [0, 0.1) is 5.41 Å². The summed E-state index contributed by atoms with van der Waals surface area (Å²) in [5.41, 5.74) is 0.697. The average molecular weight is 305 g/mol. The molecule has 0 amide bonds. The van der Waals surface area contributed by atoms with E-state index in [1.807, 2.05) is 11.3 Å². The minimum absolute atomic E-state index is 0.697. The molecule has 3 aliphatic rings. The van der Waals surface area contributed by atoms with Crippen molar-refractivity contribution >= 4 is 16.5 Å². The van der Waals surface area contributed by atoms with Gasteiger partial charge in [0.1, 0.15) is 0 Å². The van der Waals surface area contributed by atoms with Gasteiger partial charge in [0.05, 0.1) is 0 Å². The first-order valence-electron chi connectivity index (χ1n) is 8.76. The van der Waals surface area contributed by atoms with E-state index in [-0.39, 0.29) is 0 Å². The van der Waals surface area contributed by atoms with Crippen molar-refractivity contribution in [3.8, 4) is 0 Å². The Kier molecular flexibility index (Phi) is 3.92. The lowest BCUT2D eigenvalue weighted by Crippen LogP contribution is -2.41. The van der Waals surface area contributed by atoms with E-state index in [1.54, 1.807) is 0 Å². The molecule has 1 N–H and O–H groups in total. The maximum atomic E-state index is 4.68. The molecular formula is C17H27N3S. The fourth-order valence-electron chi connectivity index (χ4n) is 4.03. The Bertz CT molecular complexity index is 464. The molecule has 1 aromatic rings. The first-order valence-corrected chi connectivity index (χ1v) is 9.58. The van der Waals surface area contributed by atoms with Crippen LogP contribution in [0.15, 0.2) is 6.20 Å². The van der Waals surface area contributed by atoms with Crippen LogP contribution in [0.25, 0.3) is 0 Å². The van der Waals surface area contributed by atoms with Gasteiger partial charge < -0.3 is 10.2 Å². The zero-order chi connectivity index (χ0) is 14.1. The number of nitrogens with one attached hydrogen (secondary N) is 1. The molecule has 21 heavy (non-hydrogen) atoms. The lowest BCUT2D eigenvalue weighted by Gasteiger charge is -2.44. The molecule has 3 fully saturated rings. The zero-order valence-electron chi connectivity index (χ0n) is 12.9. The van der Waals surface area contributed by atoms with Crippen molar-refractivity contribution in [2.24, 2.45) is 5.41 Å². The van der Waals surface area contributed by atoms with Gasteiger partial charge in [-0.2, -0.15) is 0 Å². The van der Waals surface area contributed by atoms with Gasteiger partial charge in [-0.25, -0.2) is 4.98 Å². The quantitative estimate of drug-likeness (QED) is 0.913. The largest absolute Gasteiger partial charge is 0.348 e. The van der Waals surface area contributed by atoms with Crippen LogP contribution in [0.4, 0.5) is 5.13 Å². The average Bonchev–Trinajstić information content (AvgIpc) is 3.24. The number of thiazole rings is 1. The number of nitrogens with zero attached hydrogens (tertiary/aromatic N) is 2. The number of hydrogen-bond donors (Lipinski definition) is 1. The summed E-state index contributed by atoms with van der Waals surface area (Å²) >= 11 is 1.90. The molecule has 1 spiro atoms. The summed E-state index contributed by atoms with van der Waals surface area (Å²) in [6.45, 7) is 3.46. The van der Waals surface area contributed by atoms with Gasteiger partial charge in [-0.1, -0.05) is 19.3 Å². The topological polar surface area (TPSA) is 28.2 Å². The van der Waals surface area contributed by atoms with E-state index >= 15 is 0 Å². The number of aromatic nitrogens is 1. The monoisotopic (exact) mass is 305 g/mol. The number of rotatable bonds is 4. The summed E-state index contributed by atoms with van der Waals surface area (Å²) in [6.07, 6.45) is 15.0. The molecule has 2 saturated carbocycles. The molecule has 1 saturated heterocycles. The summed E-state index contributed by atoms with van der Waals surface area (Å²) in [4.78, 5) is 8.61. The Labute approximate surface area is 132 Å². The highest BCUT2D eigenvalue weighted by Crippen LogP contribution is 2.45. The third-order valence-electron chi connectivity index (χ3n) is 5.69. The summed E-state index contributed by atoms with van der Waals surface area (Å²) in [5, 5.41) is 4.85. The molecule has 2 heterocycles. The maximum absolute atomic E-state index is 4.68. The Balaban J connectivity index is 1.32. The lowest BCUT2D eigenvalue weighted by atomic mass is 9.68. The van der Waals surface area contributed by atoms with Crippen LogP contribution in [0.5, 0.6) is 0 Å². The van der Waals surface area contributed by atoms with Crippen molar-refractivity contribution in [3.63, 3.8) is 0 Å². The fraction of sp³-hybridized carbons (Fsp3) is 0.824. The van der Waals surface area contributed by atoms with E-state index in [0.29, 0.717) is 5.41 Å². The third-order valence-corrected chi connectivity index (χ3v) is 6.75. The van der Waals surface area contributed by atoms with Crippen LogP contribution in [0.1, 0.15) is 62.7 Å². The molecule has 0 aromatic carbocycles. The molecule has 0 unspecified atom stereocenters. The summed E-state index contributed by atoms with van der Waals surface area (Å²) in [5.74, 6) is 0. The highest BCUT2D eigenvalue weighted by molar-refractivity contribution is 7.15. The molecule has 0 bridgehead atoms. The van der Waals surface area contributed by atoms with E-state index in [0.717, 1.165) is 12.6 Å². The number of hydrogen-bond acceptors (Lipinski definition) is 4. The molecule has 1 aliphatic heterocycles. The Morgan fingerprint density at radius 2 is 1.90 bits per heavy atom. The van der Waals surface area contributed by atoms with Gasteiger partial charge in [0.15, 0.2) is 5.13 Å². The second kappa shape index (κ2) is 5.88. The van der Waals surface area contributed by atoms with Gasteiger partial charge in [-0.3, -0.25) is 0 Å². The molecule has 0 atom stereocenters. The standard InChI is InChI=1S/C17H27N3S/c1-2-6-17(7-3-1)8-10-20(11-9-17)16-19-13-15(21-16)12-18-14-4-5-14/h13-14,18H,1-12H2. The van der Waals surface area contributed by atoms with Crippen molar-refractivity contribution < 1.29 is 0 Å². The predicted molar refractivity (Wildman–Crippen MR) is 88.9 cm³/mol. The number of piperidine rings is 1. The molecule has 4 rings (SSSR count). The van der Waals surface area contributed by atoms with Crippen molar-refractivity contribution in [1.29, 1.82) is 0 Å². The van der Waals surface area contributed by atoms with Gasteiger partial charge in [0.2, 0.25) is 0 Å². The van der Waals surface area contributed by atoms with Crippen LogP contribution in [-0.4, -0.2) is 24.1 Å². The van der Waals surface area contributed by atoms with Crippen LogP contribution in [0.3, 0.4) is 0 Å².